The summed E-state index contributed by atoms with van der Waals surface area (Å²) in [5.41, 5.74) is 0. The Kier molecular flexibility index (Phi) is 8.10. The van der Waals surface area contributed by atoms with Crippen LogP contribution in [0.1, 0.15) is 6.92 Å². The van der Waals surface area contributed by atoms with E-state index in [0.717, 1.165) is 0 Å². The number of halogens is 4. The first-order chi connectivity index (χ1) is 6.06. The van der Waals surface area contributed by atoms with Crippen molar-refractivity contribution in [2.75, 3.05) is 0 Å². The second kappa shape index (κ2) is 7.82. The van der Waals surface area contributed by atoms with Gasteiger partial charge in [0.2, 0.25) is 0 Å². The van der Waals surface area contributed by atoms with Gasteiger partial charge in [-0.2, -0.15) is 0 Å². The molecule has 75 valence electrons. The van der Waals surface area contributed by atoms with Crippen LogP contribution in [0.15, 0.2) is 21.5 Å². The molecule has 0 fully saturated rings. The summed E-state index contributed by atoms with van der Waals surface area (Å²) in [5.74, 6) is 0. The average Bonchev–Trinajstić information content (AvgIpc) is 2.04. The van der Waals surface area contributed by atoms with E-state index in [1.807, 2.05) is 6.92 Å². The summed E-state index contributed by atoms with van der Waals surface area (Å²) in [6, 6.07) is 0.708. The Morgan fingerprint density at radius 2 is 1.46 bits per heavy atom. The lowest BCUT2D eigenvalue weighted by Gasteiger charge is -2.08. The molecule has 0 aliphatic rings. The Labute approximate surface area is 98.8 Å². The molecule has 0 saturated carbocycles. The number of rotatable bonds is 5. The summed E-state index contributed by atoms with van der Waals surface area (Å²) in [7, 11) is -1.46. The van der Waals surface area contributed by atoms with Crippen molar-refractivity contribution in [1.29, 1.82) is 0 Å². The number of hydrogen-bond acceptors (Lipinski definition) is 2. The molecular weight excluding hydrogens is 274 g/mol. The molecule has 0 aliphatic heterocycles. The van der Waals surface area contributed by atoms with Crippen LogP contribution in [0.5, 0.6) is 0 Å². The molecule has 1 radical (unpaired) electrons. The summed E-state index contributed by atoms with van der Waals surface area (Å²) in [5, 5.41) is 0. The third-order valence-electron chi connectivity index (χ3n) is 0.848. The first kappa shape index (κ1) is 13.5. The Bertz CT molecular complexity index is 179. The largest absolute Gasteiger partial charge is 0.531 e. The van der Waals surface area contributed by atoms with Gasteiger partial charge in [-0.3, -0.25) is 0 Å². The predicted molar refractivity (Wildman–Crippen MR) is 58.0 cm³/mol. The minimum atomic E-state index is -1.46. The van der Waals surface area contributed by atoms with Crippen molar-refractivity contribution in [1.82, 2.24) is 0 Å². The first-order valence-corrected chi connectivity index (χ1v) is 6.31. The van der Waals surface area contributed by atoms with E-state index in [9.17, 15) is 0 Å². The standard InChI is InChI=1S/C6H7Cl4O2Si/c1-2-13(11-3-5(7)8)12-4-6(9)10/h3-4H,2H2,1H3. The monoisotopic (exact) mass is 279 g/mol. The van der Waals surface area contributed by atoms with Crippen LogP contribution in [0.4, 0.5) is 0 Å². The van der Waals surface area contributed by atoms with Crippen LogP contribution in [0.25, 0.3) is 0 Å². The summed E-state index contributed by atoms with van der Waals surface area (Å²) in [6.45, 7) is 1.90. The van der Waals surface area contributed by atoms with Gasteiger partial charge in [0, 0.05) is 6.04 Å². The van der Waals surface area contributed by atoms with Crippen LogP contribution in [0.3, 0.4) is 0 Å². The second-order valence-electron chi connectivity index (χ2n) is 1.78. The van der Waals surface area contributed by atoms with E-state index in [2.05, 4.69) is 0 Å². The summed E-state index contributed by atoms with van der Waals surface area (Å²) < 4.78 is 10.3. The second-order valence-corrected chi connectivity index (χ2v) is 5.71. The van der Waals surface area contributed by atoms with Crippen LogP contribution in [-0.2, 0) is 8.85 Å². The topological polar surface area (TPSA) is 18.5 Å². The van der Waals surface area contributed by atoms with E-state index in [-0.39, 0.29) is 8.98 Å². The molecule has 0 aliphatic carbocycles. The van der Waals surface area contributed by atoms with Gasteiger partial charge in [-0.1, -0.05) is 53.3 Å². The minimum Gasteiger partial charge on any atom is -0.514 e. The molecule has 0 unspecified atom stereocenters. The van der Waals surface area contributed by atoms with E-state index in [1.54, 1.807) is 0 Å². The van der Waals surface area contributed by atoms with E-state index in [4.69, 9.17) is 55.3 Å². The molecule has 0 aromatic rings. The lowest BCUT2D eigenvalue weighted by Crippen LogP contribution is -2.16. The maximum atomic E-state index is 5.34. The van der Waals surface area contributed by atoms with Gasteiger partial charge in [0.25, 0.3) is 0 Å². The van der Waals surface area contributed by atoms with Crippen molar-refractivity contribution in [2.24, 2.45) is 0 Å². The molecule has 0 spiro atoms. The Hall–Kier alpha value is 0.457. The third kappa shape index (κ3) is 8.78. The zero-order chi connectivity index (χ0) is 10.3. The van der Waals surface area contributed by atoms with Gasteiger partial charge in [0.05, 0.1) is 12.5 Å². The maximum absolute atomic E-state index is 5.34. The lowest BCUT2D eigenvalue weighted by molar-refractivity contribution is 0.342. The normalized spacial score (nSPS) is 9.38. The number of hydrogen-bond donors (Lipinski definition) is 0. The Morgan fingerprint density at radius 1 is 1.08 bits per heavy atom. The van der Waals surface area contributed by atoms with Crippen LogP contribution in [0.2, 0.25) is 6.04 Å². The molecular formula is C6H7Cl4O2Si. The van der Waals surface area contributed by atoms with Crippen molar-refractivity contribution in [3.05, 3.63) is 21.5 Å². The molecule has 0 aromatic carbocycles. The van der Waals surface area contributed by atoms with E-state index >= 15 is 0 Å². The third-order valence-corrected chi connectivity index (χ3v) is 2.54. The molecule has 0 heterocycles. The van der Waals surface area contributed by atoms with Gasteiger partial charge in [-0.15, -0.1) is 0 Å². The fourth-order valence-electron chi connectivity index (χ4n) is 0.415. The van der Waals surface area contributed by atoms with Crippen LogP contribution < -0.4 is 0 Å². The highest BCUT2D eigenvalue weighted by Gasteiger charge is 2.14. The highest BCUT2D eigenvalue weighted by molar-refractivity contribution is 6.56. The Morgan fingerprint density at radius 3 is 1.69 bits per heavy atom. The zero-order valence-electron chi connectivity index (χ0n) is 6.69. The van der Waals surface area contributed by atoms with E-state index in [1.165, 1.54) is 12.5 Å². The Balaban J connectivity index is 3.90. The van der Waals surface area contributed by atoms with Crippen molar-refractivity contribution >= 4 is 55.7 Å². The van der Waals surface area contributed by atoms with Crippen molar-refractivity contribution in [3.63, 3.8) is 0 Å². The SMILES string of the molecule is CC[Si](OC=C(Cl)Cl)OC=C(Cl)Cl. The molecule has 0 bridgehead atoms. The molecule has 7 heteroatoms. The summed E-state index contributed by atoms with van der Waals surface area (Å²) in [4.78, 5) is 0. The van der Waals surface area contributed by atoms with Crippen molar-refractivity contribution < 1.29 is 8.85 Å². The van der Waals surface area contributed by atoms with Gasteiger partial charge in [0.15, 0.2) is 0 Å². The highest BCUT2D eigenvalue weighted by atomic mass is 35.5. The minimum absolute atomic E-state index is 0.0421. The molecule has 0 amide bonds. The fourth-order valence-corrected chi connectivity index (χ4v) is 1.78. The molecule has 0 atom stereocenters. The molecule has 0 saturated heterocycles. The zero-order valence-corrected chi connectivity index (χ0v) is 10.7. The van der Waals surface area contributed by atoms with Gasteiger partial charge in [-0.25, -0.2) is 0 Å². The van der Waals surface area contributed by atoms with Crippen LogP contribution >= 0.6 is 46.4 Å². The van der Waals surface area contributed by atoms with Crippen LogP contribution in [-0.4, -0.2) is 9.28 Å². The summed E-state index contributed by atoms with van der Waals surface area (Å²) >= 11 is 21.3. The lowest BCUT2D eigenvalue weighted by atomic mass is 11.0. The molecule has 0 rings (SSSR count). The van der Waals surface area contributed by atoms with Crippen molar-refractivity contribution in [2.45, 2.75) is 13.0 Å². The molecule has 13 heavy (non-hydrogen) atoms. The first-order valence-electron chi connectivity index (χ1n) is 3.27. The van der Waals surface area contributed by atoms with Gasteiger partial charge >= 0.3 is 9.28 Å². The van der Waals surface area contributed by atoms with Crippen LogP contribution in [0, 0.1) is 0 Å². The van der Waals surface area contributed by atoms with E-state index in [0.29, 0.717) is 6.04 Å². The smallest absolute Gasteiger partial charge is 0.514 e. The quantitative estimate of drug-likeness (QED) is 0.558. The molecule has 0 N–H and O–H groups in total. The van der Waals surface area contributed by atoms with E-state index < -0.39 is 9.28 Å². The average molecular weight is 281 g/mol. The predicted octanol–water partition coefficient (Wildman–Crippen LogP) is 4.08. The maximum Gasteiger partial charge on any atom is 0.531 e. The highest BCUT2D eigenvalue weighted by Crippen LogP contribution is 2.11. The van der Waals surface area contributed by atoms with Gasteiger partial charge in [-0.05, 0) is 0 Å². The molecule has 0 aromatic heterocycles. The van der Waals surface area contributed by atoms with Gasteiger partial charge < -0.3 is 8.85 Å². The van der Waals surface area contributed by atoms with Crippen molar-refractivity contribution in [3.8, 4) is 0 Å². The molecule has 2 nitrogen and oxygen atoms in total. The fraction of sp³-hybridized carbons (Fsp3) is 0.333. The summed E-state index contributed by atoms with van der Waals surface area (Å²) in [6.07, 6.45) is 2.44. The van der Waals surface area contributed by atoms with Gasteiger partial charge in [0.1, 0.15) is 8.98 Å².